The standard InChI is InChI=1S/C36H48N4O7S/c1-5-27(4)18-36(43)40(38-35(42)22-37-21-29-14-10-7-11-15-29)31(19-28-12-8-6-9-13-28)32(41)24-39(23-26(2)3)48(44,45)30-16-17-33-34(20-30)47-25-46-33/h6-17,20,26-27,31-32,37,41H,5,18-19,21-25H2,1-4H3,(H,38,42)/t27-,31-,32+/m0/s1. The Balaban J connectivity index is 1.63. The lowest BCUT2D eigenvalue weighted by molar-refractivity contribution is -0.148. The fraction of sp³-hybridized carbons (Fsp3) is 0.444. The SMILES string of the molecule is CC[C@H](C)CC(=O)N(NC(=O)CNCc1ccccc1)[C@@H](Cc1ccccc1)[C@H](O)CN(CC(C)C)S(=O)(=O)c1ccc2c(c1)OCO2. The topological polar surface area (TPSA) is 138 Å². The first kappa shape index (κ1) is 36.9. The minimum Gasteiger partial charge on any atom is -0.454 e. The molecule has 260 valence electrons. The minimum absolute atomic E-state index is 0.00158. The van der Waals surface area contributed by atoms with Gasteiger partial charge in [-0.3, -0.25) is 15.0 Å². The number of ether oxygens (including phenoxy) is 2. The predicted octanol–water partition coefficient (Wildman–Crippen LogP) is 4.12. The molecule has 1 aliphatic rings. The summed E-state index contributed by atoms with van der Waals surface area (Å²) >= 11 is 0. The van der Waals surface area contributed by atoms with Crippen molar-refractivity contribution in [1.29, 1.82) is 0 Å². The van der Waals surface area contributed by atoms with Gasteiger partial charge in [0, 0.05) is 32.1 Å². The molecular weight excluding hydrogens is 632 g/mol. The fourth-order valence-corrected chi connectivity index (χ4v) is 7.05. The lowest BCUT2D eigenvalue weighted by Crippen LogP contribution is -2.60. The summed E-state index contributed by atoms with van der Waals surface area (Å²) in [5.74, 6) is -0.0979. The Morgan fingerprint density at radius 3 is 2.19 bits per heavy atom. The van der Waals surface area contributed by atoms with Crippen molar-refractivity contribution in [3.05, 3.63) is 90.0 Å². The molecule has 48 heavy (non-hydrogen) atoms. The largest absolute Gasteiger partial charge is 0.454 e. The van der Waals surface area contributed by atoms with Gasteiger partial charge in [-0.1, -0.05) is 94.8 Å². The van der Waals surface area contributed by atoms with Gasteiger partial charge in [-0.2, -0.15) is 4.31 Å². The molecule has 11 nitrogen and oxygen atoms in total. The van der Waals surface area contributed by atoms with Gasteiger partial charge in [0.05, 0.1) is 23.6 Å². The van der Waals surface area contributed by atoms with E-state index in [1.165, 1.54) is 21.4 Å². The summed E-state index contributed by atoms with van der Waals surface area (Å²) in [6, 6.07) is 22.4. The zero-order valence-electron chi connectivity index (χ0n) is 28.2. The van der Waals surface area contributed by atoms with E-state index in [1.54, 1.807) is 6.07 Å². The summed E-state index contributed by atoms with van der Waals surface area (Å²) in [6.45, 7) is 7.88. The van der Waals surface area contributed by atoms with E-state index in [1.807, 2.05) is 88.4 Å². The maximum atomic E-state index is 14.0. The molecule has 2 amide bonds. The normalized spacial score (nSPS) is 14.5. The van der Waals surface area contributed by atoms with Crippen LogP contribution in [0.2, 0.25) is 0 Å². The molecule has 1 aliphatic heterocycles. The van der Waals surface area contributed by atoms with E-state index in [0.29, 0.717) is 18.0 Å². The maximum Gasteiger partial charge on any atom is 0.252 e. The van der Waals surface area contributed by atoms with Crippen LogP contribution in [0.5, 0.6) is 11.5 Å². The van der Waals surface area contributed by atoms with E-state index in [-0.39, 0.29) is 61.9 Å². The third-order valence-corrected chi connectivity index (χ3v) is 10.0. The van der Waals surface area contributed by atoms with E-state index in [2.05, 4.69) is 10.7 Å². The number of hydrazine groups is 1. The molecule has 0 aromatic heterocycles. The van der Waals surface area contributed by atoms with Crippen LogP contribution < -0.4 is 20.2 Å². The number of amides is 2. The second-order valence-corrected chi connectivity index (χ2v) is 14.6. The summed E-state index contributed by atoms with van der Waals surface area (Å²) in [6.07, 6.45) is -0.317. The Hall–Kier alpha value is -3.97. The lowest BCUT2D eigenvalue weighted by Gasteiger charge is -2.37. The van der Waals surface area contributed by atoms with Crippen molar-refractivity contribution in [1.82, 2.24) is 20.1 Å². The molecule has 3 N–H and O–H groups in total. The van der Waals surface area contributed by atoms with Crippen LogP contribution in [0.4, 0.5) is 0 Å². The number of sulfonamides is 1. The Morgan fingerprint density at radius 1 is 0.896 bits per heavy atom. The van der Waals surface area contributed by atoms with Crippen LogP contribution in [0, 0.1) is 11.8 Å². The molecule has 12 heteroatoms. The zero-order valence-corrected chi connectivity index (χ0v) is 29.0. The van der Waals surface area contributed by atoms with E-state index >= 15 is 0 Å². The molecule has 0 aliphatic carbocycles. The van der Waals surface area contributed by atoms with Crippen molar-refractivity contribution in [2.24, 2.45) is 11.8 Å². The first-order valence-electron chi connectivity index (χ1n) is 16.5. The van der Waals surface area contributed by atoms with Gasteiger partial charge < -0.3 is 19.9 Å². The van der Waals surface area contributed by atoms with Gasteiger partial charge in [0.25, 0.3) is 5.91 Å². The average molecular weight is 681 g/mol. The number of carbonyl (C=O) groups is 2. The van der Waals surface area contributed by atoms with Gasteiger partial charge >= 0.3 is 0 Å². The molecule has 3 aromatic carbocycles. The Labute approximate surface area is 284 Å². The van der Waals surface area contributed by atoms with E-state index in [4.69, 9.17) is 9.47 Å². The lowest BCUT2D eigenvalue weighted by atomic mass is 9.98. The van der Waals surface area contributed by atoms with Gasteiger partial charge in [0.2, 0.25) is 22.7 Å². The molecule has 3 aromatic rings. The number of nitrogens with one attached hydrogen (secondary N) is 2. The summed E-state index contributed by atoms with van der Waals surface area (Å²) < 4.78 is 40.1. The minimum atomic E-state index is -4.11. The van der Waals surface area contributed by atoms with Crippen molar-refractivity contribution in [2.75, 3.05) is 26.4 Å². The molecular formula is C36H48N4O7S. The summed E-state index contributed by atoms with van der Waals surface area (Å²) in [4.78, 5) is 27.2. The van der Waals surface area contributed by atoms with Crippen molar-refractivity contribution in [3.8, 4) is 11.5 Å². The second kappa shape index (κ2) is 17.4. The molecule has 0 saturated heterocycles. The van der Waals surface area contributed by atoms with Crippen LogP contribution in [0.3, 0.4) is 0 Å². The number of hydrogen-bond donors (Lipinski definition) is 3. The number of carbonyl (C=O) groups excluding carboxylic acids is 2. The Kier molecular flexibility index (Phi) is 13.4. The molecule has 0 saturated carbocycles. The van der Waals surface area contributed by atoms with Crippen LogP contribution >= 0.6 is 0 Å². The highest BCUT2D eigenvalue weighted by Crippen LogP contribution is 2.35. The molecule has 0 spiro atoms. The average Bonchev–Trinajstić information content (AvgIpc) is 3.55. The smallest absolute Gasteiger partial charge is 0.252 e. The quantitative estimate of drug-likeness (QED) is 0.181. The van der Waals surface area contributed by atoms with Gasteiger partial charge in [-0.05, 0) is 41.5 Å². The number of hydrogen-bond acceptors (Lipinski definition) is 8. The molecule has 0 unspecified atom stereocenters. The first-order chi connectivity index (χ1) is 23.0. The summed E-state index contributed by atoms with van der Waals surface area (Å²) in [5, 5.41) is 16.3. The van der Waals surface area contributed by atoms with Crippen molar-refractivity contribution >= 4 is 21.8 Å². The second-order valence-electron chi connectivity index (χ2n) is 12.7. The number of aliphatic hydroxyl groups is 1. The third-order valence-electron chi connectivity index (χ3n) is 8.20. The first-order valence-corrected chi connectivity index (χ1v) is 17.9. The van der Waals surface area contributed by atoms with Crippen LogP contribution in [0.25, 0.3) is 0 Å². The third kappa shape index (κ3) is 10.3. The van der Waals surface area contributed by atoms with Crippen LogP contribution in [-0.4, -0.2) is 73.2 Å². The number of nitrogens with zero attached hydrogens (tertiary/aromatic N) is 2. The molecule has 1 heterocycles. The van der Waals surface area contributed by atoms with Crippen molar-refractivity contribution in [2.45, 2.75) is 70.5 Å². The number of rotatable bonds is 17. The van der Waals surface area contributed by atoms with Gasteiger partial charge in [0.1, 0.15) is 0 Å². The van der Waals surface area contributed by atoms with Crippen LogP contribution in [-0.2, 0) is 32.6 Å². The van der Waals surface area contributed by atoms with E-state index in [9.17, 15) is 23.1 Å². The number of benzene rings is 3. The van der Waals surface area contributed by atoms with Gasteiger partial charge in [-0.15, -0.1) is 0 Å². The monoisotopic (exact) mass is 680 g/mol. The van der Waals surface area contributed by atoms with Crippen molar-refractivity contribution < 1.29 is 32.6 Å². The van der Waals surface area contributed by atoms with Crippen LogP contribution in [0.1, 0.15) is 51.7 Å². The Morgan fingerprint density at radius 2 is 1.54 bits per heavy atom. The molecule has 4 rings (SSSR count). The van der Waals surface area contributed by atoms with E-state index in [0.717, 1.165) is 17.5 Å². The number of aliphatic hydroxyl groups excluding tert-OH is 1. The van der Waals surface area contributed by atoms with Crippen molar-refractivity contribution in [3.63, 3.8) is 0 Å². The summed E-state index contributed by atoms with van der Waals surface area (Å²) in [7, 11) is -4.11. The predicted molar refractivity (Wildman–Crippen MR) is 183 cm³/mol. The van der Waals surface area contributed by atoms with Crippen LogP contribution in [0.15, 0.2) is 83.8 Å². The highest BCUT2D eigenvalue weighted by molar-refractivity contribution is 7.89. The highest BCUT2D eigenvalue weighted by Gasteiger charge is 2.36. The molecule has 0 radical (unpaired) electrons. The molecule has 0 bridgehead atoms. The zero-order chi connectivity index (χ0) is 34.7. The Bertz CT molecular complexity index is 1590. The van der Waals surface area contributed by atoms with Gasteiger partial charge in [-0.25, -0.2) is 13.4 Å². The summed E-state index contributed by atoms with van der Waals surface area (Å²) in [5.41, 5.74) is 4.58. The molecule has 0 fully saturated rings. The maximum absolute atomic E-state index is 14.0. The van der Waals surface area contributed by atoms with Gasteiger partial charge in [0.15, 0.2) is 11.5 Å². The molecule has 3 atom stereocenters. The van der Waals surface area contributed by atoms with E-state index < -0.39 is 28.1 Å². The number of fused-ring (bicyclic) bond motifs is 1. The fourth-order valence-electron chi connectivity index (χ4n) is 5.41. The highest BCUT2D eigenvalue weighted by atomic mass is 32.2.